The topological polar surface area (TPSA) is 36.7 Å². The van der Waals surface area contributed by atoms with Gasteiger partial charge < -0.3 is 0 Å². The van der Waals surface area contributed by atoms with Crippen LogP contribution in [0, 0.1) is 11.3 Å². The first-order valence-electron chi connectivity index (χ1n) is 4.57. The van der Waals surface area contributed by atoms with E-state index in [9.17, 15) is 0 Å². The maximum absolute atomic E-state index is 8.61. The average molecular weight is 247 g/mol. The molecule has 0 bridgehead atoms. The molecule has 0 fully saturated rings. The van der Waals surface area contributed by atoms with Gasteiger partial charge in [-0.2, -0.15) is 5.26 Å². The molecule has 0 amide bonds. The molecule has 2 rings (SSSR count). The van der Waals surface area contributed by atoms with Gasteiger partial charge in [-0.25, -0.2) is 4.98 Å². The van der Waals surface area contributed by atoms with Crippen LogP contribution in [0.1, 0.15) is 5.69 Å². The lowest BCUT2D eigenvalue weighted by molar-refractivity contribution is 1.19. The van der Waals surface area contributed by atoms with Crippen LogP contribution >= 0.6 is 23.4 Å². The molecule has 0 aliphatic carbocycles. The molecule has 0 saturated heterocycles. The van der Waals surface area contributed by atoms with E-state index in [1.54, 1.807) is 24.0 Å². The van der Waals surface area contributed by atoms with Crippen molar-refractivity contribution in [1.29, 1.82) is 5.26 Å². The number of nitriles is 1. The smallest absolute Gasteiger partial charge is 0.140 e. The van der Waals surface area contributed by atoms with Gasteiger partial charge in [-0.1, -0.05) is 23.4 Å². The number of aromatic nitrogens is 1. The summed E-state index contributed by atoms with van der Waals surface area (Å²) in [5, 5.41) is 9.34. The normalized spacial score (nSPS) is 9.75. The lowest BCUT2D eigenvalue weighted by Crippen LogP contribution is -1.81. The van der Waals surface area contributed by atoms with E-state index in [0.717, 1.165) is 14.8 Å². The molecule has 0 saturated carbocycles. The average Bonchev–Trinajstić information content (AvgIpc) is 2.33. The summed E-state index contributed by atoms with van der Waals surface area (Å²) < 4.78 is 0. The van der Waals surface area contributed by atoms with Crippen molar-refractivity contribution in [3.05, 3.63) is 53.3 Å². The number of pyridine rings is 1. The highest BCUT2D eigenvalue weighted by atomic mass is 35.5. The molecule has 78 valence electrons. The zero-order valence-electron chi connectivity index (χ0n) is 8.22. The Balaban J connectivity index is 2.15. The quantitative estimate of drug-likeness (QED) is 0.810. The van der Waals surface area contributed by atoms with Gasteiger partial charge in [0.1, 0.15) is 11.8 Å². The minimum atomic E-state index is 0.431. The Morgan fingerprint density at radius 1 is 1.06 bits per heavy atom. The molecule has 2 aromatic rings. The molecule has 0 N–H and O–H groups in total. The van der Waals surface area contributed by atoms with E-state index in [1.807, 2.05) is 36.4 Å². The highest BCUT2D eigenvalue weighted by Gasteiger charge is 1.98. The SMILES string of the molecule is N#Cc1ccc(Sc2ccc(Cl)cc2)cn1. The van der Waals surface area contributed by atoms with Crippen molar-refractivity contribution in [2.75, 3.05) is 0 Å². The van der Waals surface area contributed by atoms with Crippen LogP contribution in [0.15, 0.2) is 52.4 Å². The molecule has 0 atom stereocenters. The van der Waals surface area contributed by atoms with Crippen molar-refractivity contribution in [2.45, 2.75) is 9.79 Å². The Bertz CT molecular complexity index is 514. The van der Waals surface area contributed by atoms with E-state index in [4.69, 9.17) is 16.9 Å². The van der Waals surface area contributed by atoms with Gasteiger partial charge in [-0.3, -0.25) is 0 Å². The predicted molar refractivity (Wildman–Crippen MR) is 64.5 cm³/mol. The standard InChI is InChI=1S/C12H7ClN2S/c13-9-1-4-11(5-2-9)16-12-6-3-10(7-14)15-8-12/h1-6,8H. The second-order valence-corrected chi connectivity index (χ2v) is 4.63. The Labute approximate surface area is 103 Å². The Kier molecular flexibility index (Phi) is 3.45. The monoisotopic (exact) mass is 246 g/mol. The third-order valence-electron chi connectivity index (χ3n) is 1.90. The molecule has 0 aliphatic rings. The van der Waals surface area contributed by atoms with Gasteiger partial charge in [0, 0.05) is 21.0 Å². The molecule has 0 unspecified atom stereocenters. The maximum Gasteiger partial charge on any atom is 0.140 e. The number of nitrogens with zero attached hydrogens (tertiary/aromatic N) is 2. The van der Waals surface area contributed by atoms with Gasteiger partial charge >= 0.3 is 0 Å². The lowest BCUT2D eigenvalue weighted by Gasteiger charge is -2.00. The zero-order chi connectivity index (χ0) is 11.4. The van der Waals surface area contributed by atoms with Gasteiger partial charge in [0.2, 0.25) is 0 Å². The molecule has 0 spiro atoms. The van der Waals surface area contributed by atoms with Gasteiger partial charge in [0.05, 0.1) is 0 Å². The fourth-order valence-corrected chi connectivity index (χ4v) is 2.06. The van der Waals surface area contributed by atoms with Crippen molar-refractivity contribution < 1.29 is 0 Å². The highest BCUT2D eigenvalue weighted by molar-refractivity contribution is 7.99. The summed E-state index contributed by atoms with van der Waals surface area (Å²) in [5.41, 5.74) is 0.431. The van der Waals surface area contributed by atoms with Gasteiger partial charge in [0.25, 0.3) is 0 Å². The molecule has 2 nitrogen and oxygen atoms in total. The van der Waals surface area contributed by atoms with Crippen LogP contribution in [0.3, 0.4) is 0 Å². The van der Waals surface area contributed by atoms with E-state index in [2.05, 4.69) is 4.98 Å². The molecule has 16 heavy (non-hydrogen) atoms. The molecule has 0 radical (unpaired) electrons. The van der Waals surface area contributed by atoms with Gasteiger partial charge in [0.15, 0.2) is 0 Å². The van der Waals surface area contributed by atoms with E-state index in [0.29, 0.717) is 5.69 Å². The summed E-state index contributed by atoms with van der Waals surface area (Å²) in [4.78, 5) is 6.10. The molecule has 1 aromatic heterocycles. The first-order chi connectivity index (χ1) is 7.78. The predicted octanol–water partition coefficient (Wildman–Crippen LogP) is 3.76. The van der Waals surface area contributed by atoms with Crippen LogP contribution in [-0.4, -0.2) is 4.98 Å². The molecule has 1 aromatic carbocycles. The number of benzene rings is 1. The molecular formula is C12H7ClN2S. The number of hydrogen-bond donors (Lipinski definition) is 0. The van der Waals surface area contributed by atoms with Crippen LogP contribution < -0.4 is 0 Å². The van der Waals surface area contributed by atoms with Crippen LogP contribution in [0.2, 0.25) is 5.02 Å². The van der Waals surface area contributed by atoms with Crippen molar-refractivity contribution in [1.82, 2.24) is 4.98 Å². The van der Waals surface area contributed by atoms with Crippen LogP contribution in [0.5, 0.6) is 0 Å². The Morgan fingerprint density at radius 3 is 2.31 bits per heavy atom. The van der Waals surface area contributed by atoms with Crippen molar-refractivity contribution in [3.8, 4) is 6.07 Å². The lowest BCUT2D eigenvalue weighted by atomic mass is 10.4. The molecule has 0 aliphatic heterocycles. The van der Waals surface area contributed by atoms with E-state index < -0.39 is 0 Å². The number of hydrogen-bond acceptors (Lipinski definition) is 3. The summed E-state index contributed by atoms with van der Waals surface area (Å²) in [7, 11) is 0. The van der Waals surface area contributed by atoms with Crippen molar-refractivity contribution >= 4 is 23.4 Å². The van der Waals surface area contributed by atoms with Crippen molar-refractivity contribution in [3.63, 3.8) is 0 Å². The summed E-state index contributed by atoms with van der Waals surface area (Å²) >= 11 is 7.38. The zero-order valence-corrected chi connectivity index (χ0v) is 9.79. The molecule has 1 heterocycles. The summed E-state index contributed by atoms with van der Waals surface area (Å²) in [6.45, 7) is 0. The van der Waals surface area contributed by atoms with E-state index in [-0.39, 0.29) is 0 Å². The maximum atomic E-state index is 8.61. The number of halogens is 1. The molecular weight excluding hydrogens is 240 g/mol. The molecule has 4 heteroatoms. The van der Waals surface area contributed by atoms with Crippen LogP contribution in [0.4, 0.5) is 0 Å². The van der Waals surface area contributed by atoms with Gasteiger partial charge in [-0.15, -0.1) is 0 Å². The number of rotatable bonds is 2. The third-order valence-corrected chi connectivity index (χ3v) is 3.14. The first-order valence-corrected chi connectivity index (χ1v) is 5.77. The van der Waals surface area contributed by atoms with Gasteiger partial charge in [-0.05, 0) is 36.4 Å². The highest BCUT2D eigenvalue weighted by Crippen LogP contribution is 2.27. The fraction of sp³-hybridized carbons (Fsp3) is 0. The largest absolute Gasteiger partial charge is 0.244 e. The second-order valence-electron chi connectivity index (χ2n) is 3.05. The van der Waals surface area contributed by atoms with Crippen LogP contribution in [0.25, 0.3) is 0 Å². The first kappa shape index (κ1) is 11.0. The summed E-state index contributed by atoms with van der Waals surface area (Å²) in [5.74, 6) is 0. The van der Waals surface area contributed by atoms with E-state index >= 15 is 0 Å². The summed E-state index contributed by atoms with van der Waals surface area (Å²) in [6.07, 6.45) is 1.69. The van der Waals surface area contributed by atoms with Crippen LogP contribution in [-0.2, 0) is 0 Å². The fourth-order valence-electron chi connectivity index (χ4n) is 1.15. The van der Waals surface area contributed by atoms with Crippen molar-refractivity contribution in [2.24, 2.45) is 0 Å². The summed E-state index contributed by atoms with van der Waals surface area (Å²) in [6, 6.07) is 13.2. The Hall–Kier alpha value is -1.50. The minimum absolute atomic E-state index is 0.431. The minimum Gasteiger partial charge on any atom is -0.244 e. The van der Waals surface area contributed by atoms with E-state index in [1.165, 1.54) is 0 Å². The third kappa shape index (κ3) is 2.75. The Morgan fingerprint density at radius 2 is 1.75 bits per heavy atom. The second kappa shape index (κ2) is 5.02.